The molecule has 2 nitrogen and oxygen atoms in total. The van der Waals surface area contributed by atoms with Crippen LogP contribution in [0.25, 0.3) is 0 Å². The Morgan fingerprint density at radius 1 is 1.67 bits per heavy atom. The molecule has 0 fully saturated rings. The van der Waals surface area contributed by atoms with Gasteiger partial charge < -0.3 is 0 Å². The number of aromatic nitrogens is 2. The van der Waals surface area contributed by atoms with Crippen molar-refractivity contribution in [1.82, 2.24) is 9.78 Å². The van der Waals surface area contributed by atoms with E-state index in [1.807, 2.05) is 22.6 Å². The number of rotatable bonds is 3. The van der Waals surface area contributed by atoms with Crippen LogP contribution in [-0.4, -0.2) is 16.2 Å². The molecule has 0 unspecified atom stereocenters. The molecule has 0 atom stereocenters. The van der Waals surface area contributed by atoms with Crippen LogP contribution in [0.3, 0.4) is 0 Å². The van der Waals surface area contributed by atoms with Gasteiger partial charge in [-0.1, -0.05) is 0 Å². The van der Waals surface area contributed by atoms with Crippen LogP contribution in [-0.2, 0) is 12.4 Å². The van der Waals surface area contributed by atoms with Gasteiger partial charge in [0.25, 0.3) is 6.43 Å². The van der Waals surface area contributed by atoms with Gasteiger partial charge in [0.05, 0.1) is 15.3 Å². The zero-order valence-electron chi connectivity index (χ0n) is 5.98. The lowest BCUT2D eigenvalue weighted by Crippen LogP contribution is -2.09. The maximum atomic E-state index is 11.9. The van der Waals surface area contributed by atoms with E-state index >= 15 is 0 Å². The Bertz CT molecular complexity index is 264. The zero-order chi connectivity index (χ0) is 9.14. The predicted molar refractivity (Wildman–Crippen MR) is 50.5 cm³/mol. The third-order valence-electron chi connectivity index (χ3n) is 1.23. The predicted octanol–water partition coefficient (Wildman–Crippen LogP) is 2.49. The molecule has 1 rings (SSSR count). The Balaban J connectivity index is 2.77. The van der Waals surface area contributed by atoms with Crippen LogP contribution >= 0.6 is 34.2 Å². The highest BCUT2D eigenvalue weighted by Gasteiger charge is 2.09. The molecule has 1 heterocycles. The standard InChI is InChI=1S/C6H6ClF2IN2/c7-2-4-1-6(10)12(11-4)3-5(8)9/h1,5H,2-3H2. The molecule has 0 saturated heterocycles. The summed E-state index contributed by atoms with van der Waals surface area (Å²) in [5, 5.41) is 3.87. The van der Waals surface area contributed by atoms with Gasteiger partial charge in [-0.3, -0.25) is 4.68 Å². The van der Waals surface area contributed by atoms with E-state index in [2.05, 4.69) is 5.10 Å². The quantitative estimate of drug-likeness (QED) is 0.620. The molecule has 0 saturated carbocycles. The molecule has 12 heavy (non-hydrogen) atoms. The SMILES string of the molecule is FC(F)Cn1nc(CCl)cc1I. The first-order chi connectivity index (χ1) is 5.63. The Kier molecular flexibility index (Phi) is 3.70. The van der Waals surface area contributed by atoms with Crippen molar-refractivity contribution in [2.75, 3.05) is 0 Å². The van der Waals surface area contributed by atoms with Gasteiger partial charge in [-0.2, -0.15) is 5.10 Å². The van der Waals surface area contributed by atoms with Crippen LogP contribution in [0.15, 0.2) is 6.07 Å². The van der Waals surface area contributed by atoms with Gasteiger partial charge >= 0.3 is 0 Å². The topological polar surface area (TPSA) is 17.8 Å². The molecule has 0 aliphatic heterocycles. The van der Waals surface area contributed by atoms with Crippen LogP contribution < -0.4 is 0 Å². The van der Waals surface area contributed by atoms with Crippen molar-refractivity contribution < 1.29 is 8.78 Å². The first-order valence-corrected chi connectivity index (χ1v) is 4.81. The van der Waals surface area contributed by atoms with E-state index in [1.165, 1.54) is 4.68 Å². The summed E-state index contributed by atoms with van der Waals surface area (Å²) in [4.78, 5) is 0. The number of alkyl halides is 3. The molecular weight excluding hydrogens is 300 g/mol. The van der Waals surface area contributed by atoms with Crippen LogP contribution in [0.4, 0.5) is 8.78 Å². The summed E-state index contributed by atoms with van der Waals surface area (Å²) in [6.07, 6.45) is -2.37. The lowest BCUT2D eigenvalue weighted by atomic mass is 10.5. The molecule has 0 bridgehead atoms. The van der Waals surface area contributed by atoms with Gasteiger partial charge in [0.15, 0.2) is 0 Å². The number of hydrogen-bond acceptors (Lipinski definition) is 1. The zero-order valence-corrected chi connectivity index (χ0v) is 8.89. The third kappa shape index (κ3) is 2.55. The molecule has 68 valence electrons. The Hall–Kier alpha value is 0.0900. The fourth-order valence-corrected chi connectivity index (χ4v) is 1.56. The van der Waals surface area contributed by atoms with E-state index in [1.54, 1.807) is 6.07 Å². The van der Waals surface area contributed by atoms with E-state index in [-0.39, 0.29) is 12.4 Å². The fraction of sp³-hybridized carbons (Fsp3) is 0.500. The smallest absolute Gasteiger partial charge is 0.253 e. The molecule has 0 aliphatic rings. The second-order valence-corrected chi connectivity index (χ2v) is 3.54. The Morgan fingerprint density at radius 3 is 2.75 bits per heavy atom. The summed E-state index contributed by atoms with van der Waals surface area (Å²) in [6.45, 7) is -0.366. The largest absolute Gasteiger partial charge is 0.257 e. The maximum Gasteiger partial charge on any atom is 0.257 e. The molecule has 6 heteroatoms. The van der Waals surface area contributed by atoms with E-state index in [0.717, 1.165) is 0 Å². The normalized spacial score (nSPS) is 11.1. The summed E-state index contributed by atoms with van der Waals surface area (Å²) < 4.78 is 25.8. The average Bonchev–Trinajstić information content (AvgIpc) is 2.31. The van der Waals surface area contributed by atoms with Gasteiger partial charge in [0, 0.05) is 0 Å². The molecule has 0 radical (unpaired) electrons. The van der Waals surface area contributed by atoms with E-state index < -0.39 is 6.43 Å². The van der Waals surface area contributed by atoms with Gasteiger partial charge in [0.1, 0.15) is 6.54 Å². The highest BCUT2D eigenvalue weighted by atomic mass is 127. The van der Waals surface area contributed by atoms with Crippen molar-refractivity contribution in [3.63, 3.8) is 0 Å². The van der Waals surface area contributed by atoms with Crippen molar-refractivity contribution in [3.05, 3.63) is 15.5 Å². The minimum atomic E-state index is -2.37. The summed E-state index contributed by atoms with van der Waals surface area (Å²) >= 11 is 7.43. The third-order valence-corrected chi connectivity index (χ3v) is 2.37. The minimum Gasteiger partial charge on any atom is -0.253 e. The summed E-state index contributed by atoms with van der Waals surface area (Å²) in [5.74, 6) is 0.256. The van der Waals surface area contributed by atoms with Crippen molar-refractivity contribution in [1.29, 1.82) is 0 Å². The first kappa shape index (κ1) is 10.2. The minimum absolute atomic E-state index is 0.256. The first-order valence-electron chi connectivity index (χ1n) is 3.20. The van der Waals surface area contributed by atoms with Gasteiger partial charge in [-0.05, 0) is 28.7 Å². The van der Waals surface area contributed by atoms with Crippen LogP contribution in [0.1, 0.15) is 5.69 Å². The van der Waals surface area contributed by atoms with Gasteiger partial charge in [0.2, 0.25) is 0 Å². The van der Waals surface area contributed by atoms with Crippen molar-refractivity contribution >= 4 is 34.2 Å². The molecule has 1 aromatic heterocycles. The number of halogens is 4. The molecule has 0 N–H and O–H groups in total. The van der Waals surface area contributed by atoms with E-state index in [4.69, 9.17) is 11.6 Å². The summed E-state index contributed by atoms with van der Waals surface area (Å²) in [7, 11) is 0. The van der Waals surface area contributed by atoms with Gasteiger partial charge in [-0.25, -0.2) is 8.78 Å². The highest BCUT2D eigenvalue weighted by Crippen LogP contribution is 2.11. The van der Waals surface area contributed by atoms with Crippen LogP contribution in [0.2, 0.25) is 0 Å². The number of hydrogen-bond donors (Lipinski definition) is 0. The molecule has 0 aromatic carbocycles. The lowest BCUT2D eigenvalue weighted by Gasteiger charge is -2.00. The second kappa shape index (κ2) is 4.36. The number of nitrogens with zero attached hydrogens (tertiary/aromatic N) is 2. The fourth-order valence-electron chi connectivity index (χ4n) is 0.768. The Morgan fingerprint density at radius 2 is 2.33 bits per heavy atom. The van der Waals surface area contributed by atoms with Crippen molar-refractivity contribution in [2.24, 2.45) is 0 Å². The van der Waals surface area contributed by atoms with Crippen LogP contribution in [0.5, 0.6) is 0 Å². The summed E-state index contributed by atoms with van der Waals surface area (Å²) in [6, 6.07) is 1.69. The van der Waals surface area contributed by atoms with E-state index in [0.29, 0.717) is 9.39 Å². The highest BCUT2D eigenvalue weighted by molar-refractivity contribution is 14.1. The second-order valence-electron chi connectivity index (χ2n) is 2.17. The molecular formula is C6H6ClF2IN2. The molecule has 0 amide bonds. The average molecular weight is 306 g/mol. The molecule has 1 aromatic rings. The summed E-state index contributed by atoms with van der Waals surface area (Å²) in [5.41, 5.74) is 0.627. The molecule has 0 spiro atoms. The van der Waals surface area contributed by atoms with Crippen LogP contribution in [0, 0.1) is 3.70 Å². The van der Waals surface area contributed by atoms with E-state index in [9.17, 15) is 8.78 Å². The lowest BCUT2D eigenvalue weighted by molar-refractivity contribution is 0.120. The molecule has 0 aliphatic carbocycles. The van der Waals surface area contributed by atoms with Crippen molar-refractivity contribution in [3.8, 4) is 0 Å². The Labute approximate surface area is 87.0 Å². The van der Waals surface area contributed by atoms with Crippen molar-refractivity contribution in [2.45, 2.75) is 18.9 Å². The van der Waals surface area contributed by atoms with Gasteiger partial charge in [-0.15, -0.1) is 11.6 Å². The maximum absolute atomic E-state index is 11.9. The monoisotopic (exact) mass is 306 g/mol.